The summed E-state index contributed by atoms with van der Waals surface area (Å²) in [6, 6.07) is 19.3. The van der Waals surface area contributed by atoms with Crippen molar-refractivity contribution < 1.29 is 9.21 Å². The molecule has 9 heteroatoms. The molecule has 0 saturated carbocycles. The topological polar surface area (TPSA) is 64.2 Å². The molecule has 3 heterocycles. The second kappa shape index (κ2) is 9.44. The van der Waals surface area contributed by atoms with Crippen LogP contribution in [0.2, 0.25) is 5.02 Å². The quantitative estimate of drug-likeness (QED) is 0.339. The van der Waals surface area contributed by atoms with Crippen LogP contribution in [0, 0.1) is 0 Å². The van der Waals surface area contributed by atoms with Crippen molar-refractivity contribution in [3.8, 4) is 11.4 Å². The summed E-state index contributed by atoms with van der Waals surface area (Å²) in [7, 11) is 0. The highest BCUT2D eigenvalue weighted by molar-refractivity contribution is 8.00. The van der Waals surface area contributed by atoms with Crippen molar-refractivity contribution in [3.05, 3.63) is 77.7 Å². The van der Waals surface area contributed by atoms with E-state index < -0.39 is 0 Å². The van der Waals surface area contributed by atoms with Gasteiger partial charge in [-0.15, -0.1) is 22.0 Å². The van der Waals surface area contributed by atoms with E-state index in [1.54, 1.807) is 18.0 Å². The Balaban J connectivity index is 1.39. The van der Waals surface area contributed by atoms with Crippen LogP contribution in [0.5, 0.6) is 0 Å². The number of nitrogens with zero attached hydrogens (tertiary/aromatic N) is 4. The first-order valence-corrected chi connectivity index (χ1v) is 12.4. The molecule has 4 aromatic rings. The predicted molar refractivity (Wildman–Crippen MR) is 129 cm³/mol. The lowest BCUT2D eigenvalue weighted by atomic mass is 10.2. The fourth-order valence-electron chi connectivity index (χ4n) is 3.54. The number of thioether (sulfide) groups is 2. The van der Waals surface area contributed by atoms with E-state index in [1.165, 1.54) is 11.8 Å². The Morgan fingerprint density at radius 3 is 2.75 bits per heavy atom. The molecule has 0 unspecified atom stereocenters. The van der Waals surface area contributed by atoms with Crippen LogP contribution < -0.4 is 4.90 Å². The number of para-hydroxylation sites is 1. The zero-order valence-electron chi connectivity index (χ0n) is 17.0. The molecule has 0 radical (unpaired) electrons. The fourth-order valence-corrected chi connectivity index (χ4v) is 5.48. The molecule has 0 fully saturated rings. The van der Waals surface area contributed by atoms with Gasteiger partial charge in [-0.25, -0.2) is 0 Å². The molecule has 0 atom stereocenters. The maximum Gasteiger partial charge on any atom is 0.237 e. The number of benzene rings is 2. The monoisotopic (exact) mass is 482 g/mol. The molecule has 1 aliphatic heterocycles. The molecule has 0 N–H and O–H groups in total. The summed E-state index contributed by atoms with van der Waals surface area (Å²) in [6.07, 6.45) is 1.64. The van der Waals surface area contributed by atoms with Gasteiger partial charge in [-0.1, -0.05) is 35.5 Å². The van der Waals surface area contributed by atoms with Crippen molar-refractivity contribution in [3.63, 3.8) is 0 Å². The smallest absolute Gasteiger partial charge is 0.237 e. The van der Waals surface area contributed by atoms with Gasteiger partial charge in [-0.05, 0) is 48.5 Å². The highest BCUT2D eigenvalue weighted by atomic mass is 35.5. The number of carbonyl (C=O) groups is 1. The van der Waals surface area contributed by atoms with Crippen molar-refractivity contribution in [2.45, 2.75) is 16.6 Å². The van der Waals surface area contributed by atoms with Gasteiger partial charge >= 0.3 is 0 Å². The third-order valence-electron chi connectivity index (χ3n) is 5.07. The minimum Gasteiger partial charge on any atom is -0.467 e. The van der Waals surface area contributed by atoms with E-state index in [4.69, 9.17) is 16.0 Å². The standard InChI is InChI=1S/C23H19ClN4O2S2/c24-17-9-7-16(8-10-17)22-25-26-23(28(22)14-18-4-3-12-30-18)32-15-21(29)27-11-13-31-20-6-2-1-5-19(20)27/h1-10,12H,11,13-15H2. The van der Waals surface area contributed by atoms with Crippen molar-refractivity contribution >= 4 is 46.7 Å². The lowest BCUT2D eigenvalue weighted by Gasteiger charge is -2.28. The molecule has 2 aromatic heterocycles. The Morgan fingerprint density at radius 1 is 1.09 bits per heavy atom. The van der Waals surface area contributed by atoms with Crippen LogP contribution in [0.1, 0.15) is 5.76 Å². The van der Waals surface area contributed by atoms with Crippen molar-refractivity contribution in [2.24, 2.45) is 0 Å². The van der Waals surface area contributed by atoms with Gasteiger partial charge in [0.05, 0.1) is 24.2 Å². The molecule has 0 spiro atoms. The third-order valence-corrected chi connectivity index (χ3v) is 7.31. The average Bonchev–Trinajstić information content (AvgIpc) is 3.48. The summed E-state index contributed by atoms with van der Waals surface area (Å²) in [5, 5.41) is 10.1. The summed E-state index contributed by atoms with van der Waals surface area (Å²) in [5.74, 6) is 2.71. The lowest BCUT2D eigenvalue weighted by molar-refractivity contribution is -0.116. The molecule has 1 amide bonds. The molecule has 0 aliphatic carbocycles. The van der Waals surface area contributed by atoms with Gasteiger partial charge in [0, 0.05) is 27.8 Å². The second-order valence-electron chi connectivity index (χ2n) is 7.13. The molecular weight excluding hydrogens is 464 g/mol. The minimum absolute atomic E-state index is 0.0586. The van der Waals surface area contributed by atoms with Crippen LogP contribution in [0.25, 0.3) is 11.4 Å². The fraction of sp³-hybridized carbons (Fsp3) is 0.174. The Labute approximate surface area is 199 Å². The first-order chi connectivity index (χ1) is 15.7. The molecule has 0 bridgehead atoms. The Morgan fingerprint density at radius 2 is 1.94 bits per heavy atom. The van der Waals surface area contributed by atoms with Crippen LogP contribution in [-0.4, -0.2) is 38.7 Å². The van der Waals surface area contributed by atoms with Gasteiger partial charge in [-0.3, -0.25) is 9.36 Å². The number of furan rings is 1. The molecule has 162 valence electrons. The number of carbonyl (C=O) groups excluding carboxylic acids is 1. The molecular formula is C23H19ClN4O2S2. The van der Waals surface area contributed by atoms with Crippen LogP contribution in [0.15, 0.2) is 81.4 Å². The van der Waals surface area contributed by atoms with Gasteiger partial charge in [0.15, 0.2) is 11.0 Å². The molecule has 6 nitrogen and oxygen atoms in total. The third kappa shape index (κ3) is 4.44. The van der Waals surface area contributed by atoms with E-state index in [9.17, 15) is 4.79 Å². The first-order valence-electron chi connectivity index (χ1n) is 10.1. The van der Waals surface area contributed by atoms with E-state index in [0.717, 1.165) is 27.7 Å². The number of amides is 1. The summed E-state index contributed by atoms with van der Waals surface area (Å²) >= 11 is 9.22. The van der Waals surface area contributed by atoms with Gasteiger partial charge < -0.3 is 9.32 Å². The van der Waals surface area contributed by atoms with Gasteiger partial charge in [-0.2, -0.15) is 0 Å². The number of hydrogen-bond acceptors (Lipinski definition) is 6. The second-order valence-corrected chi connectivity index (χ2v) is 9.64. The highest BCUT2D eigenvalue weighted by Gasteiger charge is 2.24. The Kier molecular flexibility index (Phi) is 6.25. The summed E-state index contributed by atoms with van der Waals surface area (Å²) < 4.78 is 7.52. The number of anilines is 1. The van der Waals surface area contributed by atoms with Gasteiger partial charge in [0.25, 0.3) is 0 Å². The number of hydrogen-bond donors (Lipinski definition) is 0. The van der Waals surface area contributed by atoms with Gasteiger partial charge in [0.2, 0.25) is 5.91 Å². The predicted octanol–water partition coefficient (Wildman–Crippen LogP) is 5.47. The lowest BCUT2D eigenvalue weighted by Crippen LogP contribution is -2.36. The first kappa shape index (κ1) is 21.2. The maximum absolute atomic E-state index is 13.1. The van der Waals surface area contributed by atoms with Crippen molar-refractivity contribution in [1.82, 2.24) is 14.8 Å². The Bertz CT molecular complexity index is 1230. The molecule has 2 aromatic carbocycles. The van der Waals surface area contributed by atoms with E-state index in [2.05, 4.69) is 16.3 Å². The number of aromatic nitrogens is 3. The van der Waals surface area contributed by atoms with Crippen molar-refractivity contribution in [2.75, 3.05) is 23.0 Å². The molecule has 5 rings (SSSR count). The molecule has 1 aliphatic rings. The van der Waals surface area contributed by atoms with E-state index in [1.807, 2.05) is 64.1 Å². The van der Waals surface area contributed by atoms with Crippen molar-refractivity contribution in [1.29, 1.82) is 0 Å². The highest BCUT2D eigenvalue weighted by Crippen LogP contribution is 2.35. The maximum atomic E-state index is 13.1. The average molecular weight is 483 g/mol. The summed E-state index contributed by atoms with van der Waals surface area (Å²) in [4.78, 5) is 16.1. The van der Waals surface area contributed by atoms with Gasteiger partial charge in [0.1, 0.15) is 5.76 Å². The van der Waals surface area contributed by atoms with Crippen LogP contribution in [0.4, 0.5) is 5.69 Å². The Hall–Kier alpha value is -2.68. The summed E-state index contributed by atoms with van der Waals surface area (Å²) in [5.41, 5.74) is 1.88. The van der Waals surface area contributed by atoms with Crippen LogP contribution >= 0.6 is 35.1 Å². The summed E-state index contributed by atoms with van der Waals surface area (Å²) in [6.45, 7) is 1.17. The zero-order valence-corrected chi connectivity index (χ0v) is 19.4. The molecule has 0 saturated heterocycles. The largest absolute Gasteiger partial charge is 0.467 e. The number of rotatable bonds is 6. The number of fused-ring (bicyclic) bond motifs is 1. The van der Waals surface area contributed by atoms with E-state index >= 15 is 0 Å². The van der Waals surface area contributed by atoms with E-state index in [-0.39, 0.29) is 11.7 Å². The van der Waals surface area contributed by atoms with E-state index in [0.29, 0.717) is 29.1 Å². The zero-order chi connectivity index (χ0) is 21.9. The van der Waals surface area contributed by atoms with Crippen LogP contribution in [0.3, 0.4) is 0 Å². The minimum atomic E-state index is 0.0586. The SMILES string of the molecule is O=C(CSc1nnc(-c2ccc(Cl)cc2)n1Cc1ccco1)N1CCSc2ccccc21. The normalized spacial score (nSPS) is 13.2. The molecule has 32 heavy (non-hydrogen) atoms. The number of halogens is 1. The van der Waals surface area contributed by atoms with Crippen LogP contribution in [-0.2, 0) is 11.3 Å².